The molecule has 7 heteroatoms. The number of β-amino-alcohol motifs (C(OH)–C–C–N with tert-alkyl or cyclic N) is 1. The third-order valence-corrected chi connectivity index (χ3v) is 4.11. The number of halogens is 3. The number of amides is 1. The molecule has 0 unspecified atom stereocenters. The van der Waals surface area contributed by atoms with Crippen molar-refractivity contribution >= 4 is 5.91 Å². The van der Waals surface area contributed by atoms with E-state index in [1.807, 2.05) is 11.8 Å². The van der Waals surface area contributed by atoms with Crippen LogP contribution >= 0.6 is 0 Å². The molecule has 1 amide bonds. The third kappa shape index (κ3) is 3.78. The van der Waals surface area contributed by atoms with Crippen LogP contribution in [-0.4, -0.2) is 35.5 Å². The SMILES string of the molecule is C[C@@H]1CN(C[C@H](O)c2ccc(C(F)(F)F)cc2)C[C@H]1C(N)=O. The van der Waals surface area contributed by atoms with Gasteiger partial charge >= 0.3 is 6.18 Å². The fourth-order valence-electron chi connectivity index (χ4n) is 2.83. The molecule has 3 N–H and O–H groups in total. The van der Waals surface area contributed by atoms with Crippen LogP contribution in [0.5, 0.6) is 0 Å². The number of hydrogen-bond acceptors (Lipinski definition) is 3. The first-order valence-corrected chi connectivity index (χ1v) is 7.05. The quantitative estimate of drug-likeness (QED) is 0.890. The maximum absolute atomic E-state index is 12.5. The lowest BCUT2D eigenvalue weighted by Gasteiger charge is -2.20. The minimum absolute atomic E-state index is 0.109. The first kappa shape index (κ1) is 16.8. The van der Waals surface area contributed by atoms with E-state index in [-0.39, 0.29) is 24.3 Å². The zero-order chi connectivity index (χ0) is 16.5. The molecule has 4 nitrogen and oxygen atoms in total. The number of likely N-dealkylation sites (tertiary alicyclic amines) is 1. The van der Waals surface area contributed by atoms with Crippen molar-refractivity contribution in [3.63, 3.8) is 0 Å². The number of carbonyl (C=O) groups is 1. The van der Waals surface area contributed by atoms with E-state index in [0.717, 1.165) is 12.1 Å². The number of alkyl halides is 3. The van der Waals surface area contributed by atoms with Crippen molar-refractivity contribution in [1.29, 1.82) is 0 Å². The van der Waals surface area contributed by atoms with Gasteiger partial charge in [-0.3, -0.25) is 9.69 Å². The molecule has 0 bridgehead atoms. The maximum Gasteiger partial charge on any atom is 0.416 e. The minimum Gasteiger partial charge on any atom is -0.387 e. The Bertz CT molecular complexity index is 531. The summed E-state index contributed by atoms with van der Waals surface area (Å²) in [7, 11) is 0. The van der Waals surface area contributed by atoms with Crippen molar-refractivity contribution in [2.75, 3.05) is 19.6 Å². The Morgan fingerprint density at radius 2 is 1.95 bits per heavy atom. The Hall–Kier alpha value is -1.60. The zero-order valence-electron chi connectivity index (χ0n) is 12.2. The van der Waals surface area contributed by atoms with Gasteiger partial charge in [-0.15, -0.1) is 0 Å². The van der Waals surface area contributed by atoms with Gasteiger partial charge in [-0.2, -0.15) is 13.2 Å². The van der Waals surface area contributed by atoms with E-state index in [1.165, 1.54) is 12.1 Å². The second-order valence-electron chi connectivity index (χ2n) is 5.84. The van der Waals surface area contributed by atoms with E-state index in [9.17, 15) is 23.1 Å². The van der Waals surface area contributed by atoms with E-state index >= 15 is 0 Å². The standard InChI is InChI=1S/C15H19F3N2O2/c1-9-6-20(7-12(9)14(19)22)8-13(21)10-2-4-11(5-3-10)15(16,17)18/h2-5,9,12-13,21H,6-8H2,1H3,(H2,19,22)/t9-,12-,13+/m1/s1. The van der Waals surface area contributed by atoms with Gasteiger partial charge in [0.25, 0.3) is 0 Å². The van der Waals surface area contributed by atoms with E-state index < -0.39 is 17.8 Å². The monoisotopic (exact) mass is 316 g/mol. The third-order valence-electron chi connectivity index (χ3n) is 4.11. The summed E-state index contributed by atoms with van der Waals surface area (Å²) in [5.41, 5.74) is 4.99. The second-order valence-corrected chi connectivity index (χ2v) is 5.84. The van der Waals surface area contributed by atoms with Crippen LogP contribution in [0.25, 0.3) is 0 Å². The fraction of sp³-hybridized carbons (Fsp3) is 0.533. The molecule has 0 aliphatic carbocycles. The van der Waals surface area contributed by atoms with Crippen LogP contribution in [0.3, 0.4) is 0 Å². The first-order chi connectivity index (χ1) is 10.2. The number of hydrogen-bond donors (Lipinski definition) is 2. The molecule has 22 heavy (non-hydrogen) atoms. The maximum atomic E-state index is 12.5. The van der Waals surface area contributed by atoms with Crippen LogP contribution in [0.4, 0.5) is 13.2 Å². The lowest BCUT2D eigenvalue weighted by atomic mass is 9.98. The molecule has 1 aliphatic rings. The van der Waals surface area contributed by atoms with Gasteiger partial charge in [0.1, 0.15) is 0 Å². The predicted octanol–water partition coefficient (Wildman–Crippen LogP) is 1.79. The van der Waals surface area contributed by atoms with Gasteiger partial charge < -0.3 is 10.8 Å². The van der Waals surface area contributed by atoms with Crippen LogP contribution in [-0.2, 0) is 11.0 Å². The lowest BCUT2D eigenvalue weighted by molar-refractivity contribution is -0.137. The zero-order valence-corrected chi connectivity index (χ0v) is 12.2. The summed E-state index contributed by atoms with van der Waals surface area (Å²) in [6, 6.07) is 4.46. The van der Waals surface area contributed by atoms with Gasteiger partial charge in [-0.05, 0) is 23.6 Å². The number of benzene rings is 1. The van der Waals surface area contributed by atoms with Gasteiger partial charge in [-0.1, -0.05) is 19.1 Å². The number of aliphatic hydroxyl groups is 1. The Morgan fingerprint density at radius 1 is 1.36 bits per heavy atom. The van der Waals surface area contributed by atoms with Crippen molar-refractivity contribution in [1.82, 2.24) is 4.90 Å². The highest BCUT2D eigenvalue weighted by molar-refractivity contribution is 5.77. The Balaban J connectivity index is 1.98. The molecule has 2 rings (SSSR count). The highest BCUT2D eigenvalue weighted by Gasteiger charge is 2.34. The van der Waals surface area contributed by atoms with Crippen LogP contribution in [0.1, 0.15) is 24.2 Å². The molecule has 122 valence electrons. The summed E-state index contributed by atoms with van der Waals surface area (Å²) >= 11 is 0. The van der Waals surface area contributed by atoms with Crippen molar-refractivity contribution in [3.8, 4) is 0 Å². The van der Waals surface area contributed by atoms with Crippen LogP contribution in [0, 0.1) is 11.8 Å². The molecule has 0 saturated carbocycles. The van der Waals surface area contributed by atoms with E-state index in [1.54, 1.807) is 0 Å². The number of nitrogens with zero attached hydrogens (tertiary/aromatic N) is 1. The Morgan fingerprint density at radius 3 is 2.41 bits per heavy atom. The van der Waals surface area contributed by atoms with Gasteiger partial charge in [0.15, 0.2) is 0 Å². The first-order valence-electron chi connectivity index (χ1n) is 7.05. The Kier molecular flexibility index (Phi) is 4.77. The molecular weight excluding hydrogens is 297 g/mol. The average Bonchev–Trinajstić information content (AvgIpc) is 2.79. The predicted molar refractivity (Wildman–Crippen MR) is 74.7 cm³/mol. The molecule has 1 aromatic rings. The largest absolute Gasteiger partial charge is 0.416 e. The summed E-state index contributed by atoms with van der Waals surface area (Å²) in [6.45, 7) is 3.28. The average molecular weight is 316 g/mol. The summed E-state index contributed by atoms with van der Waals surface area (Å²) in [6.07, 6.45) is -5.29. The van der Waals surface area contributed by atoms with Crippen molar-refractivity contribution in [2.24, 2.45) is 17.6 Å². The molecule has 1 fully saturated rings. The fourth-order valence-corrected chi connectivity index (χ4v) is 2.83. The van der Waals surface area contributed by atoms with Crippen LogP contribution in [0.15, 0.2) is 24.3 Å². The summed E-state index contributed by atoms with van der Waals surface area (Å²) in [4.78, 5) is 13.2. The smallest absolute Gasteiger partial charge is 0.387 e. The number of rotatable bonds is 4. The van der Waals surface area contributed by atoms with Gasteiger partial charge in [-0.25, -0.2) is 0 Å². The Labute approximate surface area is 126 Å². The summed E-state index contributed by atoms with van der Waals surface area (Å²) in [5.74, 6) is -0.504. The highest BCUT2D eigenvalue weighted by Crippen LogP contribution is 2.30. The van der Waals surface area contributed by atoms with Crippen molar-refractivity contribution in [3.05, 3.63) is 35.4 Å². The lowest BCUT2D eigenvalue weighted by Crippen LogP contribution is -2.30. The molecule has 0 spiro atoms. The molecule has 1 saturated heterocycles. The topological polar surface area (TPSA) is 66.6 Å². The number of nitrogens with two attached hydrogens (primary N) is 1. The van der Waals surface area contributed by atoms with Crippen molar-refractivity contribution in [2.45, 2.75) is 19.2 Å². The molecular formula is C15H19F3N2O2. The van der Waals surface area contributed by atoms with E-state index in [4.69, 9.17) is 5.73 Å². The number of primary amides is 1. The molecule has 3 atom stereocenters. The number of carbonyl (C=O) groups excluding carboxylic acids is 1. The van der Waals surface area contributed by atoms with Crippen LogP contribution in [0.2, 0.25) is 0 Å². The van der Waals surface area contributed by atoms with E-state index in [2.05, 4.69) is 0 Å². The summed E-state index contributed by atoms with van der Waals surface area (Å²) < 4.78 is 37.5. The molecule has 1 heterocycles. The van der Waals surface area contributed by atoms with Crippen LogP contribution < -0.4 is 5.73 Å². The molecule has 1 aliphatic heterocycles. The van der Waals surface area contributed by atoms with Crippen molar-refractivity contribution < 1.29 is 23.1 Å². The van der Waals surface area contributed by atoms with Gasteiger partial charge in [0.2, 0.25) is 5.91 Å². The van der Waals surface area contributed by atoms with Gasteiger partial charge in [0, 0.05) is 19.6 Å². The molecule has 1 aromatic carbocycles. The van der Waals surface area contributed by atoms with E-state index in [0.29, 0.717) is 18.7 Å². The minimum atomic E-state index is -4.39. The normalized spacial score (nSPS) is 24.4. The highest BCUT2D eigenvalue weighted by atomic mass is 19.4. The molecule has 0 radical (unpaired) electrons. The molecule has 0 aromatic heterocycles. The van der Waals surface area contributed by atoms with Gasteiger partial charge in [0.05, 0.1) is 17.6 Å². The number of aliphatic hydroxyl groups excluding tert-OH is 1. The second kappa shape index (κ2) is 6.26. The summed E-state index contributed by atoms with van der Waals surface area (Å²) in [5, 5.41) is 10.1.